The second-order valence-electron chi connectivity index (χ2n) is 13.7. The van der Waals surface area contributed by atoms with Crippen LogP contribution in [-0.2, 0) is 15.8 Å². The predicted molar refractivity (Wildman–Crippen MR) is 181 cm³/mol. The Kier molecular flexibility index (Phi) is 9.83. The standard InChI is InChI=1S/C35H46N8O4/c1-34(2,3)29-20-22(19-27(38-29)31(44)36-17-18-42(6)7)37-33(45)39-26-14-15-28(25-12-10-9-11-24(25)26)47-23-13-16-30-40-41-32(43(30)21-23)35(4,5)46-8/h9-13,16,19-21,26,28H,14-15,17-18H2,1-8H3,(H,36,44)(H2,37,38,39,45)/t26-,28+/m0/s1. The third-order valence-corrected chi connectivity index (χ3v) is 8.37. The average Bonchev–Trinajstić information content (AvgIpc) is 3.46. The highest BCUT2D eigenvalue weighted by Crippen LogP contribution is 2.39. The molecule has 5 rings (SSSR count). The monoisotopic (exact) mass is 642 g/mol. The van der Waals surface area contributed by atoms with Crippen LogP contribution < -0.4 is 20.7 Å². The van der Waals surface area contributed by atoms with Gasteiger partial charge in [-0.3, -0.25) is 9.20 Å². The number of anilines is 1. The summed E-state index contributed by atoms with van der Waals surface area (Å²) in [4.78, 5) is 32.9. The number of nitrogens with one attached hydrogen (secondary N) is 3. The maximum atomic E-state index is 13.4. The number of carbonyl (C=O) groups excluding carboxylic acids is 2. The molecule has 250 valence electrons. The number of hydrogen-bond acceptors (Lipinski definition) is 8. The van der Waals surface area contributed by atoms with Gasteiger partial charge in [0.1, 0.15) is 23.1 Å². The van der Waals surface area contributed by atoms with Gasteiger partial charge >= 0.3 is 6.03 Å². The van der Waals surface area contributed by atoms with Gasteiger partial charge in [-0.15, -0.1) is 10.2 Å². The van der Waals surface area contributed by atoms with Crippen molar-refractivity contribution in [2.45, 2.75) is 70.6 Å². The van der Waals surface area contributed by atoms with Gasteiger partial charge in [-0.25, -0.2) is 9.78 Å². The molecule has 47 heavy (non-hydrogen) atoms. The number of rotatable bonds is 10. The first-order chi connectivity index (χ1) is 22.2. The quantitative estimate of drug-likeness (QED) is 0.210. The van der Waals surface area contributed by atoms with E-state index in [0.29, 0.717) is 54.5 Å². The third-order valence-electron chi connectivity index (χ3n) is 8.37. The number of likely N-dealkylation sites (N-methyl/N-ethyl adjacent to an activating group) is 1. The fourth-order valence-corrected chi connectivity index (χ4v) is 5.54. The van der Waals surface area contributed by atoms with Crippen LogP contribution in [-0.4, -0.2) is 70.7 Å². The molecule has 0 saturated heterocycles. The number of pyridine rings is 2. The van der Waals surface area contributed by atoms with E-state index in [1.54, 1.807) is 13.2 Å². The lowest BCUT2D eigenvalue weighted by Crippen LogP contribution is -2.36. The lowest BCUT2D eigenvalue weighted by atomic mass is 9.85. The van der Waals surface area contributed by atoms with Gasteiger partial charge in [0.15, 0.2) is 11.5 Å². The van der Waals surface area contributed by atoms with Crippen molar-refractivity contribution in [1.82, 2.24) is 35.1 Å². The van der Waals surface area contributed by atoms with E-state index in [4.69, 9.17) is 9.47 Å². The number of hydrogen-bond donors (Lipinski definition) is 3. The van der Waals surface area contributed by atoms with E-state index in [-0.39, 0.29) is 35.2 Å². The highest BCUT2D eigenvalue weighted by atomic mass is 16.5. The molecular formula is C35H46N8O4. The van der Waals surface area contributed by atoms with Gasteiger partial charge in [0, 0.05) is 37.0 Å². The molecule has 3 aromatic heterocycles. The van der Waals surface area contributed by atoms with E-state index in [9.17, 15) is 9.59 Å². The minimum Gasteiger partial charge on any atom is -0.484 e. The molecule has 1 aromatic carbocycles. The van der Waals surface area contributed by atoms with Gasteiger partial charge in [-0.2, -0.15) is 0 Å². The molecule has 0 radical (unpaired) electrons. The molecule has 0 unspecified atom stereocenters. The van der Waals surface area contributed by atoms with Gasteiger partial charge in [-0.1, -0.05) is 45.0 Å². The van der Waals surface area contributed by atoms with Crippen LogP contribution in [0, 0.1) is 0 Å². The Hall–Kier alpha value is -4.55. The molecule has 1 aliphatic carbocycles. The van der Waals surface area contributed by atoms with Crippen molar-refractivity contribution in [2.75, 3.05) is 39.6 Å². The minimum absolute atomic E-state index is 0.205. The molecule has 0 aliphatic heterocycles. The van der Waals surface area contributed by atoms with Crippen molar-refractivity contribution in [2.24, 2.45) is 0 Å². The Balaban J connectivity index is 1.31. The molecule has 12 heteroatoms. The van der Waals surface area contributed by atoms with Crippen LogP contribution in [0.4, 0.5) is 10.5 Å². The SMILES string of the molecule is COC(C)(C)c1nnc2ccc(O[C@@H]3CC[C@H](NC(=O)Nc4cc(C(=O)NCCN(C)C)nc(C(C)(C)C)c4)c4ccccc43)cn12. The number of aromatic nitrogens is 4. The zero-order valence-electron chi connectivity index (χ0n) is 28.5. The van der Waals surface area contributed by atoms with Crippen molar-refractivity contribution in [3.8, 4) is 5.75 Å². The molecule has 0 fully saturated rings. The molecule has 0 spiro atoms. The van der Waals surface area contributed by atoms with Crippen LogP contribution in [0.3, 0.4) is 0 Å². The molecule has 2 atom stereocenters. The Morgan fingerprint density at radius 2 is 1.74 bits per heavy atom. The fraction of sp³-hybridized carbons (Fsp3) is 0.457. The topological polar surface area (TPSA) is 135 Å². The molecule has 3 amide bonds. The first-order valence-corrected chi connectivity index (χ1v) is 15.9. The first kappa shape index (κ1) is 33.8. The van der Waals surface area contributed by atoms with Crippen molar-refractivity contribution >= 4 is 23.3 Å². The number of urea groups is 1. The van der Waals surface area contributed by atoms with Crippen LogP contribution in [0.25, 0.3) is 5.65 Å². The summed E-state index contributed by atoms with van der Waals surface area (Å²) >= 11 is 0. The Labute approximate surface area is 276 Å². The number of carbonyl (C=O) groups is 2. The predicted octanol–water partition coefficient (Wildman–Crippen LogP) is 5.37. The Morgan fingerprint density at radius 1 is 1.00 bits per heavy atom. The van der Waals surface area contributed by atoms with E-state index >= 15 is 0 Å². The van der Waals surface area contributed by atoms with Crippen LogP contribution in [0.15, 0.2) is 54.7 Å². The summed E-state index contributed by atoms with van der Waals surface area (Å²) < 4.78 is 14.1. The normalized spacial score (nSPS) is 16.5. The molecule has 3 N–H and O–H groups in total. The third kappa shape index (κ3) is 7.88. The Morgan fingerprint density at radius 3 is 2.45 bits per heavy atom. The summed E-state index contributed by atoms with van der Waals surface area (Å²) in [6.45, 7) is 11.1. The zero-order valence-corrected chi connectivity index (χ0v) is 28.5. The van der Waals surface area contributed by atoms with Crippen molar-refractivity contribution in [3.63, 3.8) is 0 Å². The zero-order chi connectivity index (χ0) is 33.9. The van der Waals surface area contributed by atoms with Gasteiger partial charge in [-0.05, 0) is 76.2 Å². The molecule has 1 aliphatic rings. The number of benzene rings is 1. The molecular weight excluding hydrogens is 596 g/mol. The number of amides is 3. The smallest absolute Gasteiger partial charge is 0.319 e. The lowest BCUT2D eigenvalue weighted by Gasteiger charge is -2.32. The minimum atomic E-state index is -0.626. The summed E-state index contributed by atoms with van der Waals surface area (Å²) in [6.07, 6.45) is 3.06. The van der Waals surface area contributed by atoms with Crippen molar-refractivity contribution in [1.29, 1.82) is 0 Å². The number of methoxy groups -OCH3 is 1. The molecule has 12 nitrogen and oxygen atoms in total. The van der Waals surface area contributed by atoms with Gasteiger partial charge < -0.3 is 30.3 Å². The second-order valence-corrected chi connectivity index (χ2v) is 13.7. The lowest BCUT2D eigenvalue weighted by molar-refractivity contribution is 0.0106. The molecule has 4 aromatic rings. The van der Waals surface area contributed by atoms with Gasteiger partial charge in [0.25, 0.3) is 5.91 Å². The number of ether oxygens (including phenoxy) is 2. The summed E-state index contributed by atoms with van der Waals surface area (Å²) in [5.41, 5.74) is 3.24. The van der Waals surface area contributed by atoms with E-state index in [1.165, 1.54) is 0 Å². The van der Waals surface area contributed by atoms with Gasteiger partial charge in [0.05, 0.1) is 12.2 Å². The van der Waals surface area contributed by atoms with Crippen molar-refractivity contribution < 1.29 is 19.1 Å². The van der Waals surface area contributed by atoms with E-state index in [1.807, 2.05) is 107 Å². The summed E-state index contributed by atoms with van der Waals surface area (Å²) in [5, 5.41) is 17.6. The van der Waals surface area contributed by atoms with E-state index < -0.39 is 5.60 Å². The molecule has 0 bridgehead atoms. The average molecular weight is 643 g/mol. The fourth-order valence-electron chi connectivity index (χ4n) is 5.54. The van der Waals surface area contributed by atoms with Crippen LogP contribution in [0.1, 0.15) is 92.7 Å². The van der Waals surface area contributed by atoms with E-state index in [2.05, 4.69) is 31.1 Å². The number of nitrogens with zero attached hydrogens (tertiary/aromatic N) is 5. The summed E-state index contributed by atoms with van der Waals surface area (Å²) in [6, 6.07) is 14.6. The van der Waals surface area contributed by atoms with Crippen LogP contribution in [0.5, 0.6) is 5.75 Å². The van der Waals surface area contributed by atoms with Crippen molar-refractivity contribution in [3.05, 3.63) is 83.1 Å². The maximum Gasteiger partial charge on any atom is 0.319 e. The molecule has 0 saturated carbocycles. The maximum absolute atomic E-state index is 13.4. The van der Waals surface area contributed by atoms with Gasteiger partial charge in [0.2, 0.25) is 0 Å². The summed E-state index contributed by atoms with van der Waals surface area (Å²) in [5.74, 6) is 1.08. The number of fused-ring (bicyclic) bond motifs is 2. The summed E-state index contributed by atoms with van der Waals surface area (Å²) in [7, 11) is 5.54. The highest BCUT2D eigenvalue weighted by molar-refractivity contribution is 5.95. The van der Waals surface area contributed by atoms with Crippen LogP contribution in [0.2, 0.25) is 0 Å². The second kappa shape index (κ2) is 13.7. The van der Waals surface area contributed by atoms with E-state index in [0.717, 1.165) is 11.1 Å². The largest absolute Gasteiger partial charge is 0.484 e. The van der Waals surface area contributed by atoms with Crippen LogP contribution >= 0.6 is 0 Å². The highest BCUT2D eigenvalue weighted by Gasteiger charge is 2.31. The first-order valence-electron chi connectivity index (χ1n) is 15.9. The Bertz CT molecular complexity index is 1740. The molecule has 3 heterocycles.